The lowest BCUT2D eigenvalue weighted by molar-refractivity contribution is -0.117. The van der Waals surface area contributed by atoms with Crippen LogP contribution >= 0.6 is 0 Å². The molecule has 4 saturated carbocycles. The molecule has 8 atom stereocenters. The Morgan fingerprint density at radius 3 is 2.39 bits per heavy atom. The Bertz CT molecular complexity index is 445. The second kappa shape index (κ2) is 5.75. The van der Waals surface area contributed by atoms with E-state index in [9.17, 15) is 5.11 Å². The Morgan fingerprint density at radius 2 is 1.61 bits per heavy atom. The fraction of sp³-hybridized carbons (Fsp3) is 1.00. The van der Waals surface area contributed by atoms with Crippen LogP contribution in [0.15, 0.2) is 0 Å². The Morgan fingerprint density at radius 1 is 0.870 bits per heavy atom. The van der Waals surface area contributed by atoms with Gasteiger partial charge in [0, 0.05) is 6.61 Å². The zero-order valence-electron chi connectivity index (χ0n) is 15.7. The molecule has 4 rings (SSSR count). The summed E-state index contributed by atoms with van der Waals surface area (Å²) < 4.78 is 0. The van der Waals surface area contributed by atoms with Gasteiger partial charge < -0.3 is 5.11 Å². The highest BCUT2D eigenvalue weighted by molar-refractivity contribution is 5.08. The standard InChI is InChI=1S/C22H38O/c1-15-8-11-22(3)17(14-15)4-6-18-19-7-5-16(10-13-23)21(19,2)12-9-20(18)22/h15-20,23H,4-14H2,1-3H3. The SMILES string of the molecule is CC1CCC2(C)C(CCC3C4CCC(CCO)C4(C)CCC32)C1. The highest BCUT2D eigenvalue weighted by Crippen LogP contribution is 2.68. The molecular formula is C22H38O. The Hall–Kier alpha value is -0.0400. The van der Waals surface area contributed by atoms with Crippen LogP contribution in [-0.2, 0) is 0 Å². The van der Waals surface area contributed by atoms with Crippen molar-refractivity contribution in [2.45, 2.75) is 85.0 Å². The van der Waals surface area contributed by atoms with E-state index in [1.54, 1.807) is 0 Å². The number of hydrogen-bond donors (Lipinski definition) is 1. The molecule has 0 aromatic heterocycles. The molecule has 4 fully saturated rings. The molecule has 0 amide bonds. The summed E-state index contributed by atoms with van der Waals surface area (Å²) >= 11 is 0. The summed E-state index contributed by atoms with van der Waals surface area (Å²) in [6, 6.07) is 0. The number of aliphatic hydroxyl groups is 1. The molecule has 23 heavy (non-hydrogen) atoms. The van der Waals surface area contributed by atoms with Gasteiger partial charge in [-0.15, -0.1) is 0 Å². The average Bonchev–Trinajstić information content (AvgIpc) is 2.85. The molecule has 0 saturated heterocycles. The summed E-state index contributed by atoms with van der Waals surface area (Å²) in [6.45, 7) is 8.17. The van der Waals surface area contributed by atoms with Crippen LogP contribution in [0.25, 0.3) is 0 Å². The molecule has 4 aliphatic carbocycles. The van der Waals surface area contributed by atoms with E-state index in [2.05, 4.69) is 20.8 Å². The fourth-order valence-corrected chi connectivity index (χ4v) is 8.21. The van der Waals surface area contributed by atoms with Gasteiger partial charge in [-0.05, 0) is 104 Å². The van der Waals surface area contributed by atoms with E-state index < -0.39 is 0 Å². The van der Waals surface area contributed by atoms with Crippen molar-refractivity contribution in [3.63, 3.8) is 0 Å². The lowest BCUT2D eigenvalue weighted by Gasteiger charge is -2.61. The quantitative estimate of drug-likeness (QED) is 0.696. The van der Waals surface area contributed by atoms with Gasteiger partial charge >= 0.3 is 0 Å². The predicted octanol–water partition coefficient (Wildman–Crippen LogP) is 5.66. The van der Waals surface area contributed by atoms with Crippen molar-refractivity contribution in [3.8, 4) is 0 Å². The first-order chi connectivity index (χ1) is 11.0. The summed E-state index contributed by atoms with van der Waals surface area (Å²) in [6.07, 6.45) is 14.4. The Kier molecular flexibility index (Phi) is 4.11. The maximum absolute atomic E-state index is 9.48. The first kappa shape index (κ1) is 16.4. The number of rotatable bonds is 2. The fourth-order valence-electron chi connectivity index (χ4n) is 8.21. The van der Waals surface area contributed by atoms with Gasteiger partial charge in [-0.25, -0.2) is 0 Å². The molecule has 1 heteroatoms. The van der Waals surface area contributed by atoms with Crippen LogP contribution in [0.2, 0.25) is 0 Å². The van der Waals surface area contributed by atoms with Crippen LogP contribution in [0.1, 0.15) is 85.0 Å². The molecule has 0 heterocycles. The molecule has 0 aromatic rings. The summed E-state index contributed by atoms with van der Waals surface area (Å²) in [7, 11) is 0. The van der Waals surface area contributed by atoms with Gasteiger partial charge in [0.15, 0.2) is 0 Å². The average molecular weight is 319 g/mol. The first-order valence-corrected chi connectivity index (χ1v) is 10.6. The number of aliphatic hydroxyl groups excluding tert-OH is 1. The van der Waals surface area contributed by atoms with Crippen molar-refractivity contribution < 1.29 is 5.11 Å². The van der Waals surface area contributed by atoms with Crippen molar-refractivity contribution in [2.24, 2.45) is 46.3 Å². The molecule has 1 nitrogen and oxygen atoms in total. The molecule has 4 aliphatic rings. The Labute approximate surface area is 143 Å². The summed E-state index contributed by atoms with van der Waals surface area (Å²) in [4.78, 5) is 0. The van der Waals surface area contributed by atoms with Gasteiger partial charge in [0.1, 0.15) is 0 Å². The Balaban J connectivity index is 1.58. The van der Waals surface area contributed by atoms with E-state index in [1.165, 1.54) is 57.8 Å². The van der Waals surface area contributed by atoms with Crippen molar-refractivity contribution >= 4 is 0 Å². The van der Waals surface area contributed by atoms with Gasteiger partial charge in [-0.3, -0.25) is 0 Å². The van der Waals surface area contributed by atoms with Gasteiger partial charge in [0.25, 0.3) is 0 Å². The summed E-state index contributed by atoms with van der Waals surface area (Å²) in [5, 5.41) is 9.48. The van der Waals surface area contributed by atoms with Crippen molar-refractivity contribution in [3.05, 3.63) is 0 Å². The van der Waals surface area contributed by atoms with Crippen LogP contribution in [0, 0.1) is 46.3 Å². The van der Waals surface area contributed by atoms with E-state index in [-0.39, 0.29) is 0 Å². The van der Waals surface area contributed by atoms with Crippen LogP contribution in [0.5, 0.6) is 0 Å². The second-order valence-corrected chi connectivity index (χ2v) is 10.4. The van der Waals surface area contributed by atoms with E-state index in [0.29, 0.717) is 17.4 Å². The molecule has 0 aromatic carbocycles. The molecule has 8 unspecified atom stereocenters. The molecule has 0 aliphatic heterocycles. The van der Waals surface area contributed by atoms with E-state index in [0.717, 1.165) is 41.9 Å². The lowest BCUT2D eigenvalue weighted by Crippen LogP contribution is -2.53. The van der Waals surface area contributed by atoms with E-state index in [1.807, 2.05) is 0 Å². The van der Waals surface area contributed by atoms with Gasteiger partial charge in [0.05, 0.1) is 0 Å². The summed E-state index contributed by atoms with van der Waals surface area (Å²) in [5.41, 5.74) is 1.21. The first-order valence-electron chi connectivity index (χ1n) is 10.6. The van der Waals surface area contributed by atoms with Crippen LogP contribution in [0.4, 0.5) is 0 Å². The third-order valence-electron chi connectivity index (χ3n) is 9.60. The second-order valence-electron chi connectivity index (χ2n) is 10.4. The minimum Gasteiger partial charge on any atom is -0.396 e. The molecule has 0 bridgehead atoms. The maximum atomic E-state index is 9.48. The third kappa shape index (κ3) is 2.35. The zero-order valence-corrected chi connectivity index (χ0v) is 15.7. The monoisotopic (exact) mass is 318 g/mol. The van der Waals surface area contributed by atoms with Gasteiger partial charge in [-0.2, -0.15) is 0 Å². The molecule has 132 valence electrons. The number of fused-ring (bicyclic) bond motifs is 5. The molecule has 0 radical (unpaired) electrons. The minimum atomic E-state index is 0.402. The third-order valence-corrected chi connectivity index (χ3v) is 9.60. The van der Waals surface area contributed by atoms with E-state index in [4.69, 9.17) is 0 Å². The topological polar surface area (TPSA) is 20.2 Å². The minimum absolute atomic E-state index is 0.402. The lowest BCUT2D eigenvalue weighted by atomic mass is 9.44. The van der Waals surface area contributed by atoms with Gasteiger partial charge in [-0.1, -0.05) is 27.2 Å². The predicted molar refractivity (Wildman–Crippen MR) is 96.1 cm³/mol. The maximum Gasteiger partial charge on any atom is 0.0433 e. The van der Waals surface area contributed by atoms with Crippen molar-refractivity contribution in [1.29, 1.82) is 0 Å². The molecule has 0 spiro atoms. The normalized spacial score (nSPS) is 55.8. The van der Waals surface area contributed by atoms with Crippen molar-refractivity contribution in [2.75, 3.05) is 6.61 Å². The van der Waals surface area contributed by atoms with Gasteiger partial charge in [0.2, 0.25) is 0 Å². The molecule has 1 N–H and O–H groups in total. The van der Waals surface area contributed by atoms with Crippen molar-refractivity contribution in [1.82, 2.24) is 0 Å². The van der Waals surface area contributed by atoms with Crippen LogP contribution in [0.3, 0.4) is 0 Å². The smallest absolute Gasteiger partial charge is 0.0433 e. The summed E-state index contributed by atoms with van der Waals surface area (Å²) in [5.74, 6) is 5.78. The highest BCUT2D eigenvalue weighted by atomic mass is 16.3. The zero-order chi connectivity index (χ0) is 16.2. The number of hydrogen-bond acceptors (Lipinski definition) is 1. The van der Waals surface area contributed by atoms with Crippen LogP contribution in [-0.4, -0.2) is 11.7 Å². The molecular weight excluding hydrogens is 280 g/mol. The van der Waals surface area contributed by atoms with Crippen LogP contribution < -0.4 is 0 Å². The highest BCUT2D eigenvalue weighted by Gasteiger charge is 2.59. The largest absolute Gasteiger partial charge is 0.396 e. The van der Waals surface area contributed by atoms with E-state index >= 15 is 0 Å².